The molecule has 2 aromatic carbocycles. The van der Waals surface area contributed by atoms with Crippen LogP contribution in [0.2, 0.25) is 0 Å². The molecule has 2 aromatic rings. The predicted molar refractivity (Wildman–Crippen MR) is 82.2 cm³/mol. The molecule has 112 valence electrons. The van der Waals surface area contributed by atoms with Gasteiger partial charge < -0.3 is 14.7 Å². The second kappa shape index (κ2) is 7.09. The molecule has 0 radical (unpaired) electrons. The van der Waals surface area contributed by atoms with E-state index in [0.29, 0.717) is 12.3 Å². The lowest BCUT2D eigenvalue weighted by molar-refractivity contribution is 0.179. The molecule has 4 heteroatoms. The lowest BCUT2D eigenvalue weighted by Gasteiger charge is -2.26. The first-order valence-electron chi connectivity index (χ1n) is 6.97. The zero-order valence-electron chi connectivity index (χ0n) is 12.3. The van der Waals surface area contributed by atoms with Gasteiger partial charge in [0, 0.05) is 24.3 Å². The number of methoxy groups -OCH3 is 1. The van der Waals surface area contributed by atoms with Gasteiger partial charge in [-0.3, -0.25) is 0 Å². The van der Waals surface area contributed by atoms with E-state index in [1.165, 1.54) is 12.1 Å². The van der Waals surface area contributed by atoms with Gasteiger partial charge in [-0.25, -0.2) is 4.39 Å². The SMILES string of the molecule is CCN(CC(O)c1ccccc1OC)c1ccc(F)cc1. The van der Waals surface area contributed by atoms with E-state index in [4.69, 9.17) is 4.74 Å². The number of aliphatic hydroxyl groups excluding tert-OH is 1. The van der Waals surface area contributed by atoms with E-state index in [2.05, 4.69) is 0 Å². The fraction of sp³-hybridized carbons (Fsp3) is 0.294. The van der Waals surface area contributed by atoms with Gasteiger partial charge in [-0.05, 0) is 37.3 Å². The first-order chi connectivity index (χ1) is 10.2. The molecule has 0 fully saturated rings. The summed E-state index contributed by atoms with van der Waals surface area (Å²) in [6, 6.07) is 13.7. The molecule has 0 aliphatic heterocycles. The molecule has 0 heterocycles. The molecule has 3 nitrogen and oxygen atoms in total. The van der Waals surface area contributed by atoms with Crippen molar-refractivity contribution in [1.29, 1.82) is 0 Å². The van der Waals surface area contributed by atoms with Gasteiger partial charge in [-0.2, -0.15) is 0 Å². The largest absolute Gasteiger partial charge is 0.496 e. The summed E-state index contributed by atoms with van der Waals surface area (Å²) < 4.78 is 18.3. The minimum atomic E-state index is -0.675. The van der Waals surface area contributed by atoms with Crippen molar-refractivity contribution in [3.8, 4) is 5.75 Å². The van der Waals surface area contributed by atoms with Crippen LogP contribution in [0.3, 0.4) is 0 Å². The Labute approximate surface area is 124 Å². The minimum Gasteiger partial charge on any atom is -0.496 e. The van der Waals surface area contributed by atoms with Gasteiger partial charge in [0.15, 0.2) is 0 Å². The summed E-state index contributed by atoms with van der Waals surface area (Å²) in [6.45, 7) is 3.14. The van der Waals surface area contributed by atoms with Gasteiger partial charge in [0.05, 0.1) is 7.11 Å². The molecule has 0 aromatic heterocycles. The van der Waals surface area contributed by atoms with Crippen LogP contribution >= 0.6 is 0 Å². The summed E-state index contributed by atoms with van der Waals surface area (Å²) in [5.74, 6) is 0.403. The Balaban J connectivity index is 2.16. The molecular weight excluding hydrogens is 269 g/mol. The average Bonchev–Trinajstić information content (AvgIpc) is 2.53. The Morgan fingerprint density at radius 1 is 1.14 bits per heavy atom. The molecule has 2 rings (SSSR count). The number of benzene rings is 2. The number of halogens is 1. The smallest absolute Gasteiger partial charge is 0.124 e. The van der Waals surface area contributed by atoms with Crippen LogP contribution in [0.4, 0.5) is 10.1 Å². The average molecular weight is 289 g/mol. The zero-order chi connectivity index (χ0) is 15.2. The quantitative estimate of drug-likeness (QED) is 0.884. The third kappa shape index (κ3) is 3.73. The fourth-order valence-corrected chi connectivity index (χ4v) is 2.32. The van der Waals surface area contributed by atoms with Crippen molar-refractivity contribution in [2.24, 2.45) is 0 Å². The molecule has 1 atom stereocenters. The second-order valence-electron chi connectivity index (χ2n) is 4.77. The minimum absolute atomic E-state index is 0.264. The third-order valence-electron chi connectivity index (χ3n) is 3.46. The molecule has 1 unspecified atom stereocenters. The van der Waals surface area contributed by atoms with Crippen LogP contribution < -0.4 is 9.64 Å². The Kier molecular flexibility index (Phi) is 5.17. The molecule has 1 N–H and O–H groups in total. The number of hydrogen-bond donors (Lipinski definition) is 1. The monoisotopic (exact) mass is 289 g/mol. The van der Waals surface area contributed by atoms with Gasteiger partial charge in [0.1, 0.15) is 17.7 Å². The summed E-state index contributed by atoms with van der Waals surface area (Å²) in [6.07, 6.45) is -0.675. The highest BCUT2D eigenvalue weighted by Crippen LogP contribution is 2.26. The summed E-state index contributed by atoms with van der Waals surface area (Å²) in [4.78, 5) is 2.00. The topological polar surface area (TPSA) is 32.7 Å². The lowest BCUT2D eigenvalue weighted by atomic mass is 10.1. The Bertz CT molecular complexity index is 571. The standard InChI is InChI=1S/C17H20FNO2/c1-3-19(14-10-8-13(18)9-11-14)12-16(20)15-6-4-5-7-17(15)21-2/h4-11,16,20H,3,12H2,1-2H3. The van der Waals surface area contributed by atoms with Crippen LogP contribution in [-0.2, 0) is 0 Å². The van der Waals surface area contributed by atoms with E-state index in [9.17, 15) is 9.50 Å². The number of nitrogens with zero attached hydrogens (tertiary/aromatic N) is 1. The maximum atomic E-state index is 13.0. The number of hydrogen-bond acceptors (Lipinski definition) is 3. The summed E-state index contributed by atoms with van der Waals surface area (Å²) in [5.41, 5.74) is 1.63. The van der Waals surface area contributed by atoms with Gasteiger partial charge >= 0.3 is 0 Å². The molecule has 0 amide bonds. The van der Waals surface area contributed by atoms with Crippen LogP contribution in [0.25, 0.3) is 0 Å². The summed E-state index contributed by atoms with van der Waals surface area (Å²) in [7, 11) is 1.59. The van der Waals surface area contributed by atoms with E-state index in [1.807, 2.05) is 36.1 Å². The molecule has 0 saturated heterocycles. The van der Waals surface area contributed by atoms with Crippen molar-refractivity contribution < 1.29 is 14.2 Å². The van der Waals surface area contributed by atoms with Crippen molar-refractivity contribution in [3.63, 3.8) is 0 Å². The normalized spacial score (nSPS) is 12.0. The van der Waals surface area contributed by atoms with E-state index in [0.717, 1.165) is 17.8 Å². The summed E-state index contributed by atoms with van der Waals surface area (Å²) >= 11 is 0. The molecule has 0 aliphatic rings. The van der Waals surface area contributed by atoms with Crippen LogP contribution in [0.5, 0.6) is 5.75 Å². The van der Waals surface area contributed by atoms with Crippen molar-refractivity contribution in [3.05, 3.63) is 59.9 Å². The summed E-state index contributed by atoms with van der Waals surface area (Å²) in [5, 5.41) is 10.5. The Morgan fingerprint density at radius 3 is 2.43 bits per heavy atom. The van der Waals surface area contributed by atoms with Gasteiger partial charge in [0.25, 0.3) is 0 Å². The highest BCUT2D eigenvalue weighted by molar-refractivity contribution is 5.47. The van der Waals surface area contributed by atoms with Crippen molar-refractivity contribution in [2.75, 3.05) is 25.1 Å². The maximum absolute atomic E-state index is 13.0. The van der Waals surface area contributed by atoms with E-state index in [1.54, 1.807) is 19.2 Å². The van der Waals surface area contributed by atoms with Crippen LogP contribution in [-0.4, -0.2) is 25.3 Å². The molecule has 0 spiro atoms. The Hall–Kier alpha value is -2.07. The van der Waals surface area contributed by atoms with Gasteiger partial charge in [-0.15, -0.1) is 0 Å². The third-order valence-corrected chi connectivity index (χ3v) is 3.46. The molecular formula is C17H20FNO2. The molecule has 0 aliphatic carbocycles. The highest BCUT2D eigenvalue weighted by atomic mass is 19.1. The first kappa shape index (κ1) is 15.3. The number of anilines is 1. The van der Waals surface area contributed by atoms with E-state index >= 15 is 0 Å². The van der Waals surface area contributed by atoms with Crippen LogP contribution in [0.15, 0.2) is 48.5 Å². The maximum Gasteiger partial charge on any atom is 0.124 e. The number of para-hydroxylation sites is 1. The van der Waals surface area contributed by atoms with E-state index < -0.39 is 6.10 Å². The highest BCUT2D eigenvalue weighted by Gasteiger charge is 2.16. The number of ether oxygens (including phenoxy) is 1. The lowest BCUT2D eigenvalue weighted by Crippen LogP contribution is -2.28. The van der Waals surface area contributed by atoms with Crippen LogP contribution in [0, 0.1) is 5.82 Å². The zero-order valence-corrected chi connectivity index (χ0v) is 12.3. The number of likely N-dealkylation sites (N-methyl/N-ethyl adjacent to an activating group) is 1. The number of aliphatic hydroxyl groups is 1. The molecule has 21 heavy (non-hydrogen) atoms. The van der Waals surface area contributed by atoms with E-state index in [-0.39, 0.29) is 5.82 Å². The fourth-order valence-electron chi connectivity index (χ4n) is 2.32. The van der Waals surface area contributed by atoms with Gasteiger partial charge in [0.2, 0.25) is 0 Å². The first-order valence-corrected chi connectivity index (χ1v) is 6.97. The molecule has 0 bridgehead atoms. The number of rotatable bonds is 6. The van der Waals surface area contributed by atoms with Gasteiger partial charge in [-0.1, -0.05) is 18.2 Å². The Morgan fingerprint density at radius 2 is 1.81 bits per heavy atom. The van der Waals surface area contributed by atoms with Crippen molar-refractivity contribution in [2.45, 2.75) is 13.0 Å². The van der Waals surface area contributed by atoms with Crippen molar-refractivity contribution in [1.82, 2.24) is 0 Å². The predicted octanol–water partition coefficient (Wildman–Crippen LogP) is 3.39. The van der Waals surface area contributed by atoms with Crippen molar-refractivity contribution >= 4 is 5.69 Å². The second-order valence-corrected chi connectivity index (χ2v) is 4.77. The van der Waals surface area contributed by atoms with Crippen LogP contribution in [0.1, 0.15) is 18.6 Å². The molecule has 0 saturated carbocycles.